The Morgan fingerprint density at radius 1 is 0.871 bits per heavy atom. The molecule has 0 radical (unpaired) electrons. The molecule has 1 amide bonds. The zero-order valence-corrected chi connectivity index (χ0v) is 18.8. The number of thioether (sulfide) groups is 1. The Morgan fingerprint density at radius 3 is 2.00 bits per heavy atom. The molecule has 0 aliphatic rings. The first kappa shape index (κ1) is 22.6. The lowest BCUT2D eigenvalue weighted by atomic mass is 10.1. The lowest BCUT2D eigenvalue weighted by molar-refractivity contribution is 0.0953. The molecule has 3 aromatic carbocycles. The summed E-state index contributed by atoms with van der Waals surface area (Å²) < 4.78 is 16.1. The second-order valence-corrected chi connectivity index (χ2v) is 8.01. The summed E-state index contributed by atoms with van der Waals surface area (Å²) in [4.78, 5) is 12.9. The standard InChI is InChI=1S/C25H27NO4S/c1-28-21-14-20(15-22(29-2)24(21)30-3)25(27)26-16-23(19-12-8-5-9-13-19)31-17-18-10-6-4-7-11-18/h4-15,23H,16-17H2,1-3H3,(H,26,27)/t23-/m0/s1. The molecule has 31 heavy (non-hydrogen) atoms. The zero-order chi connectivity index (χ0) is 22.1. The van der Waals surface area contributed by atoms with Crippen LogP contribution in [0.3, 0.4) is 0 Å². The Balaban J connectivity index is 1.74. The summed E-state index contributed by atoms with van der Waals surface area (Å²) >= 11 is 1.80. The van der Waals surface area contributed by atoms with Gasteiger partial charge in [0, 0.05) is 23.1 Å². The molecule has 6 heteroatoms. The molecule has 162 valence electrons. The molecule has 0 bridgehead atoms. The number of methoxy groups -OCH3 is 3. The first-order chi connectivity index (χ1) is 15.2. The summed E-state index contributed by atoms with van der Waals surface area (Å²) in [5, 5.41) is 3.18. The van der Waals surface area contributed by atoms with E-state index in [0.29, 0.717) is 29.4 Å². The van der Waals surface area contributed by atoms with Crippen LogP contribution in [-0.2, 0) is 5.75 Å². The zero-order valence-electron chi connectivity index (χ0n) is 18.0. The smallest absolute Gasteiger partial charge is 0.251 e. The first-order valence-electron chi connectivity index (χ1n) is 9.95. The van der Waals surface area contributed by atoms with Crippen molar-refractivity contribution in [3.8, 4) is 17.2 Å². The van der Waals surface area contributed by atoms with Crippen LogP contribution < -0.4 is 19.5 Å². The van der Waals surface area contributed by atoms with Crippen LogP contribution in [0.4, 0.5) is 0 Å². The van der Waals surface area contributed by atoms with E-state index in [1.807, 2.05) is 36.4 Å². The minimum atomic E-state index is -0.194. The van der Waals surface area contributed by atoms with Crippen LogP contribution in [0.2, 0.25) is 0 Å². The maximum absolute atomic E-state index is 12.9. The molecule has 0 heterocycles. The van der Waals surface area contributed by atoms with Crippen LogP contribution in [0.1, 0.15) is 26.7 Å². The molecule has 5 nitrogen and oxygen atoms in total. The summed E-state index contributed by atoms with van der Waals surface area (Å²) in [6, 6.07) is 23.9. The minimum absolute atomic E-state index is 0.118. The van der Waals surface area contributed by atoms with Crippen LogP contribution >= 0.6 is 11.8 Å². The molecule has 3 aromatic rings. The Morgan fingerprint density at radius 2 is 1.45 bits per heavy atom. The van der Waals surface area contributed by atoms with Crippen LogP contribution in [0.25, 0.3) is 0 Å². The Kier molecular flexibility index (Phi) is 8.24. The third kappa shape index (κ3) is 5.95. The summed E-state index contributed by atoms with van der Waals surface area (Å²) in [6.45, 7) is 0.497. The van der Waals surface area contributed by atoms with E-state index in [0.717, 1.165) is 5.75 Å². The normalized spacial score (nSPS) is 11.5. The molecule has 1 N–H and O–H groups in total. The molecule has 0 fully saturated rings. The number of benzene rings is 3. The van der Waals surface area contributed by atoms with Gasteiger partial charge in [-0.3, -0.25) is 4.79 Å². The topological polar surface area (TPSA) is 56.8 Å². The second-order valence-electron chi connectivity index (χ2n) is 6.82. The number of ether oxygens (including phenoxy) is 3. The van der Waals surface area contributed by atoms with Crippen molar-refractivity contribution >= 4 is 17.7 Å². The van der Waals surface area contributed by atoms with Gasteiger partial charge in [-0.05, 0) is 23.3 Å². The predicted octanol–water partition coefficient (Wildman–Crippen LogP) is 5.12. The fraction of sp³-hybridized carbons (Fsp3) is 0.240. The lowest BCUT2D eigenvalue weighted by Gasteiger charge is -2.19. The van der Waals surface area contributed by atoms with Crippen LogP contribution in [0, 0.1) is 0 Å². The van der Waals surface area contributed by atoms with Gasteiger partial charge >= 0.3 is 0 Å². The highest BCUT2D eigenvalue weighted by molar-refractivity contribution is 7.98. The van der Waals surface area contributed by atoms with Crippen molar-refractivity contribution < 1.29 is 19.0 Å². The maximum Gasteiger partial charge on any atom is 0.251 e. The van der Waals surface area contributed by atoms with Crippen LogP contribution in [0.15, 0.2) is 72.8 Å². The third-order valence-corrected chi connectivity index (χ3v) is 6.18. The van der Waals surface area contributed by atoms with Crippen molar-refractivity contribution in [2.45, 2.75) is 11.0 Å². The number of carbonyl (C=O) groups is 1. The van der Waals surface area contributed by atoms with E-state index in [-0.39, 0.29) is 11.2 Å². The number of hydrogen-bond donors (Lipinski definition) is 1. The van der Waals surface area contributed by atoms with Gasteiger partial charge in [0.05, 0.1) is 21.3 Å². The number of rotatable bonds is 10. The predicted molar refractivity (Wildman–Crippen MR) is 125 cm³/mol. The van der Waals surface area contributed by atoms with E-state index in [1.165, 1.54) is 32.5 Å². The van der Waals surface area contributed by atoms with E-state index < -0.39 is 0 Å². The fourth-order valence-electron chi connectivity index (χ4n) is 3.21. The quantitative estimate of drug-likeness (QED) is 0.477. The monoisotopic (exact) mass is 437 g/mol. The largest absolute Gasteiger partial charge is 0.493 e. The van der Waals surface area contributed by atoms with E-state index >= 15 is 0 Å². The highest BCUT2D eigenvalue weighted by atomic mass is 32.2. The molecule has 1 atom stereocenters. The maximum atomic E-state index is 12.9. The first-order valence-corrected chi connectivity index (χ1v) is 11.0. The van der Waals surface area contributed by atoms with Crippen LogP contribution in [-0.4, -0.2) is 33.8 Å². The minimum Gasteiger partial charge on any atom is -0.493 e. The van der Waals surface area contributed by atoms with Crippen molar-refractivity contribution in [1.82, 2.24) is 5.32 Å². The third-order valence-electron chi connectivity index (χ3n) is 4.84. The molecule has 3 rings (SSSR count). The van der Waals surface area contributed by atoms with Gasteiger partial charge in [-0.1, -0.05) is 60.7 Å². The van der Waals surface area contributed by atoms with Crippen molar-refractivity contribution in [1.29, 1.82) is 0 Å². The van der Waals surface area contributed by atoms with Gasteiger partial charge in [-0.15, -0.1) is 11.8 Å². The van der Waals surface area contributed by atoms with Crippen molar-refractivity contribution in [2.75, 3.05) is 27.9 Å². The highest BCUT2D eigenvalue weighted by Gasteiger charge is 2.19. The van der Waals surface area contributed by atoms with Gasteiger partial charge in [0.25, 0.3) is 5.91 Å². The van der Waals surface area contributed by atoms with E-state index in [2.05, 4.69) is 29.6 Å². The van der Waals surface area contributed by atoms with Gasteiger partial charge in [-0.25, -0.2) is 0 Å². The Hall–Kier alpha value is -3.12. The Bertz CT molecular complexity index is 954. The van der Waals surface area contributed by atoms with Crippen molar-refractivity contribution in [3.63, 3.8) is 0 Å². The van der Waals surface area contributed by atoms with Gasteiger partial charge in [-0.2, -0.15) is 0 Å². The molecular weight excluding hydrogens is 410 g/mol. The summed E-state index contributed by atoms with van der Waals surface area (Å²) in [7, 11) is 4.60. The average Bonchev–Trinajstić information content (AvgIpc) is 2.84. The molecule has 0 aliphatic carbocycles. The van der Waals surface area contributed by atoms with Gasteiger partial charge in [0.15, 0.2) is 11.5 Å². The van der Waals surface area contributed by atoms with E-state index in [1.54, 1.807) is 23.9 Å². The highest BCUT2D eigenvalue weighted by Crippen LogP contribution is 2.38. The molecular formula is C25H27NO4S. The van der Waals surface area contributed by atoms with Crippen molar-refractivity contribution in [2.24, 2.45) is 0 Å². The fourth-order valence-corrected chi connectivity index (χ4v) is 4.35. The van der Waals surface area contributed by atoms with Gasteiger partial charge in [0.2, 0.25) is 5.75 Å². The molecule has 0 spiro atoms. The number of nitrogens with one attached hydrogen (secondary N) is 1. The molecule has 0 saturated carbocycles. The van der Waals surface area contributed by atoms with E-state index in [4.69, 9.17) is 14.2 Å². The number of carbonyl (C=O) groups excluding carboxylic acids is 1. The summed E-state index contributed by atoms with van der Waals surface area (Å²) in [6.07, 6.45) is 0. The summed E-state index contributed by atoms with van der Waals surface area (Å²) in [5.41, 5.74) is 2.88. The van der Waals surface area contributed by atoms with E-state index in [9.17, 15) is 4.79 Å². The molecule has 0 saturated heterocycles. The summed E-state index contributed by atoms with van der Waals surface area (Å²) in [5.74, 6) is 2.03. The number of hydrogen-bond acceptors (Lipinski definition) is 5. The average molecular weight is 438 g/mol. The van der Waals surface area contributed by atoms with Crippen molar-refractivity contribution in [3.05, 3.63) is 89.5 Å². The molecule has 0 aliphatic heterocycles. The number of amides is 1. The Labute approximate surface area is 187 Å². The van der Waals surface area contributed by atoms with Crippen LogP contribution in [0.5, 0.6) is 17.2 Å². The lowest BCUT2D eigenvalue weighted by Crippen LogP contribution is -2.27. The van der Waals surface area contributed by atoms with Gasteiger partial charge < -0.3 is 19.5 Å². The van der Waals surface area contributed by atoms with Gasteiger partial charge in [0.1, 0.15) is 0 Å². The molecule has 0 aromatic heterocycles. The second kappa shape index (κ2) is 11.3. The molecule has 0 unspecified atom stereocenters. The SMILES string of the molecule is COc1cc(C(=O)NC[C@H](SCc2ccccc2)c2ccccc2)cc(OC)c1OC.